The van der Waals surface area contributed by atoms with Crippen molar-refractivity contribution in [3.05, 3.63) is 83.1 Å². The standard InChI is InChI=1S/C25H20FN5O/c1-14-20-11-17(26)7-8-19(20)18-6-4-3-5-15(18)9-22-24(21(12-27)30-31(22)2)16-10-23(32-14)25(28)29-13-16/h3-8,10-11,13-14H,9H2,1-2H3,(H2,28,29)/t14-/m1/s1. The molecule has 1 atom stereocenters. The molecule has 0 fully saturated rings. The Hall–Kier alpha value is -4.18. The molecular formula is C25H20FN5O. The summed E-state index contributed by atoms with van der Waals surface area (Å²) in [6, 6.07) is 16.7. The van der Waals surface area contributed by atoms with Gasteiger partial charge in [-0.05, 0) is 41.8 Å². The third kappa shape index (κ3) is 3.17. The SMILES string of the molecule is C[C@H]1Oc2cc(cnc2N)-c2c(C#N)nn(C)c2Cc2ccccc2-c2ccc(F)cc21. The second-order valence-electron chi connectivity index (χ2n) is 7.84. The maximum absolute atomic E-state index is 14.3. The van der Waals surface area contributed by atoms with Crippen molar-refractivity contribution in [3.8, 4) is 34.1 Å². The molecular weight excluding hydrogens is 405 g/mol. The normalized spacial score (nSPS) is 14.6. The van der Waals surface area contributed by atoms with Crippen LogP contribution in [0.25, 0.3) is 22.3 Å². The van der Waals surface area contributed by atoms with Gasteiger partial charge in [0, 0.05) is 36.4 Å². The fraction of sp³-hybridized carbons (Fsp3) is 0.160. The molecule has 2 aromatic heterocycles. The molecule has 7 heteroatoms. The van der Waals surface area contributed by atoms with E-state index in [1.54, 1.807) is 23.0 Å². The summed E-state index contributed by atoms with van der Waals surface area (Å²) in [5.41, 5.74) is 12.3. The number of hydrogen-bond donors (Lipinski definition) is 1. The van der Waals surface area contributed by atoms with E-state index in [9.17, 15) is 9.65 Å². The Balaban J connectivity index is 1.85. The smallest absolute Gasteiger partial charge is 0.170 e. The summed E-state index contributed by atoms with van der Waals surface area (Å²) in [5, 5.41) is 14.2. The van der Waals surface area contributed by atoms with E-state index in [1.807, 2.05) is 38.2 Å². The highest BCUT2D eigenvalue weighted by Gasteiger charge is 2.24. The highest BCUT2D eigenvalue weighted by atomic mass is 19.1. The van der Waals surface area contributed by atoms with E-state index in [-0.39, 0.29) is 11.6 Å². The quantitative estimate of drug-likeness (QED) is 0.438. The first-order valence-corrected chi connectivity index (χ1v) is 10.2. The maximum Gasteiger partial charge on any atom is 0.170 e. The van der Waals surface area contributed by atoms with Crippen molar-refractivity contribution in [2.75, 3.05) is 5.73 Å². The van der Waals surface area contributed by atoms with Crippen LogP contribution in [0, 0.1) is 17.1 Å². The Morgan fingerprint density at radius 1 is 1.19 bits per heavy atom. The van der Waals surface area contributed by atoms with Gasteiger partial charge in [0.25, 0.3) is 0 Å². The molecule has 2 aromatic carbocycles. The van der Waals surface area contributed by atoms with E-state index in [0.29, 0.717) is 34.6 Å². The molecule has 0 saturated heterocycles. The van der Waals surface area contributed by atoms with Crippen molar-refractivity contribution in [2.45, 2.75) is 19.4 Å². The Kier molecular flexibility index (Phi) is 4.63. The molecule has 0 spiro atoms. The van der Waals surface area contributed by atoms with Crippen LogP contribution in [0.3, 0.4) is 0 Å². The molecule has 32 heavy (non-hydrogen) atoms. The lowest BCUT2D eigenvalue weighted by molar-refractivity contribution is 0.228. The molecule has 1 aliphatic heterocycles. The van der Waals surface area contributed by atoms with Gasteiger partial charge in [0.1, 0.15) is 18.0 Å². The molecule has 4 aromatic rings. The van der Waals surface area contributed by atoms with Crippen molar-refractivity contribution in [3.63, 3.8) is 0 Å². The van der Waals surface area contributed by atoms with Gasteiger partial charge < -0.3 is 10.5 Å². The molecule has 0 amide bonds. The minimum absolute atomic E-state index is 0.222. The van der Waals surface area contributed by atoms with Gasteiger partial charge in [0.05, 0.1) is 5.69 Å². The average Bonchev–Trinajstić information content (AvgIpc) is 3.10. The van der Waals surface area contributed by atoms with Gasteiger partial charge in [-0.25, -0.2) is 9.37 Å². The molecule has 1 aliphatic rings. The third-order valence-electron chi connectivity index (χ3n) is 5.86. The van der Waals surface area contributed by atoms with E-state index in [1.165, 1.54) is 12.1 Å². The number of fused-ring (bicyclic) bond motifs is 7. The predicted molar refractivity (Wildman–Crippen MR) is 119 cm³/mol. The van der Waals surface area contributed by atoms with Gasteiger partial charge in [-0.3, -0.25) is 4.68 Å². The zero-order chi connectivity index (χ0) is 22.4. The number of ether oxygens (including phenoxy) is 1. The van der Waals surface area contributed by atoms with Gasteiger partial charge in [-0.15, -0.1) is 0 Å². The van der Waals surface area contributed by atoms with Crippen LogP contribution in [0.4, 0.5) is 10.2 Å². The number of benzene rings is 2. The highest BCUT2D eigenvalue weighted by molar-refractivity contribution is 5.76. The first-order chi connectivity index (χ1) is 15.5. The third-order valence-corrected chi connectivity index (χ3v) is 5.86. The van der Waals surface area contributed by atoms with Crippen LogP contribution in [-0.2, 0) is 13.5 Å². The summed E-state index contributed by atoms with van der Waals surface area (Å²) < 4.78 is 22.2. The molecule has 3 heterocycles. The average molecular weight is 425 g/mol. The number of nitrogens with two attached hydrogens (primary N) is 1. The molecule has 158 valence electrons. The van der Waals surface area contributed by atoms with Crippen LogP contribution >= 0.6 is 0 Å². The van der Waals surface area contributed by atoms with Gasteiger partial charge in [0.15, 0.2) is 17.3 Å². The lowest BCUT2D eigenvalue weighted by atomic mass is 9.90. The second kappa shape index (κ2) is 7.50. The molecule has 6 nitrogen and oxygen atoms in total. The summed E-state index contributed by atoms with van der Waals surface area (Å²) >= 11 is 0. The molecule has 2 N–H and O–H groups in total. The molecule has 5 rings (SSSR count). The summed E-state index contributed by atoms with van der Waals surface area (Å²) in [7, 11) is 1.82. The van der Waals surface area contributed by atoms with E-state index in [4.69, 9.17) is 10.5 Å². The molecule has 0 unspecified atom stereocenters. The van der Waals surface area contributed by atoms with Crippen LogP contribution in [-0.4, -0.2) is 14.8 Å². The van der Waals surface area contributed by atoms with Crippen LogP contribution < -0.4 is 10.5 Å². The number of aryl methyl sites for hydroxylation is 1. The van der Waals surface area contributed by atoms with Crippen LogP contribution in [0.1, 0.15) is 35.5 Å². The zero-order valence-corrected chi connectivity index (χ0v) is 17.6. The molecule has 0 aliphatic carbocycles. The minimum Gasteiger partial charge on any atom is -0.482 e. The van der Waals surface area contributed by atoms with Crippen LogP contribution in [0.2, 0.25) is 0 Å². The van der Waals surface area contributed by atoms with E-state index >= 15 is 0 Å². The topological polar surface area (TPSA) is 89.8 Å². The number of hydrogen-bond acceptors (Lipinski definition) is 5. The number of nitrogens with zero attached hydrogens (tertiary/aromatic N) is 4. The first-order valence-electron chi connectivity index (χ1n) is 10.2. The fourth-order valence-corrected chi connectivity index (χ4v) is 4.32. The van der Waals surface area contributed by atoms with E-state index < -0.39 is 6.10 Å². The van der Waals surface area contributed by atoms with Gasteiger partial charge in [-0.2, -0.15) is 10.4 Å². The minimum atomic E-state index is -0.490. The van der Waals surface area contributed by atoms with E-state index in [2.05, 4.69) is 16.2 Å². The lowest BCUT2D eigenvalue weighted by Gasteiger charge is -2.22. The first kappa shape index (κ1) is 19.8. The Morgan fingerprint density at radius 3 is 2.81 bits per heavy atom. The zero-order valence-electron chi connectivity index (χ0n) is 17.6. The number of pyridine rings is 1. The van der Waals surface area contributed by atoms with Crippen molar-refractivity contribution >= 4 is 5.82 Å². The largest absolute Gasteiger partial charge is 0.482 e. The highest BCUT2D eigenvalue weighted by Crippen LogP contribution is 2.39. The fourth-order valence-electron chi connectivity index (χ4n) is 4.32. The Labute approximate surface area is 184 Å². The van der Waals surface area contributed by atoms with Crippen molar-refractivity contribution in [2.24, 2.45) is 7.05 Å². The van der Waals surface area contributed by atoms with Gasteiger partial charge >= 0.3 is 0 Å². The van der Waals surface area contributed by atoms with Crippen LogP contribution in [0.15, 0.2) is 54.7 Å². The van der Waals surface area contributed by atoms with Gasteiger partial charge in [0.2, 0.25) is 0 Å². The Morgan fingerprint density at radius 2 is 2.00 bits per heavy atom. The van der Waals surface area contributed by atoms with Gasteiger partial charge in [-0.1, -0.05) is 30.3 Å². The summed E-state index contributed by atoms with van der Waals surface area (Å²) in [6.07, 6.45) is 1.67. The molecule has 2 bridgehead atoms. The van der Waals surface area contributed by atoms with Crippen LogP contribution in [0.5, 0.6) is 5.75 Å². The van der Waals surface area contributed by atoms with Crippen molar-refractivity contribution < 1.29 is 9.13 Å². The lowest BCUT2D eigenvalue weighted by Crippen LogP contribution is -2.10. The summed E-state index contributed by atoms with van der Waals surface area (Å²) in [4.78, 5) is 4.30. The Bertz CT molecular complexity index is 1400. The monoisotopic (exact) mass is 425 g/mol. The summed E-state index contributed by atoms with van der Waals surface area (Å²) in [5.74, 6) is 0.258. The predicted octanol–water partition coefficient (Wildman–Crippen LogP) is 4.79. The number of nitrogen functional groups attached to an aromatic ring is 1. The maximum atomic E-state index is 14.3. The number of anilines is 1. The van der Waals surface area contributed by atoms with Crippen molar-refractivity contribution in [1.82, 2.24) is 14.8 Å². The number of aromatic nitrogens is 3. The molecule has 0 saturated carbocycles. The second-order valence-corrected chi connectivity index (χ2v) is 7.84. The summed E-state index contributed by atoms with van der Waals surface area (Å²) in [6.45, 7) is 1.86. The van der Waals surface area contributed by atoms with Crippen molar-refractivity contribution in [1.29, 1.82) is 5.26 Å². The number of nitriles is 1. The number of halogens is 1. The molecule has 0 radical (unpaired) electrons. The van der Waals surface area contributed by atoms with E-state index in [0.717, 1.165) is 22.4 Å². The number of rotatable bonds is 0.